The smallest absolute Gasteiger partial charge is 0.136 e. The molecule has 0 aliphatic carbocycles. The van der Waals surface area contributed by atoms with Crippen LogP contribution in [0.25, 0.3) is 0 Å². The molecule has 3 heteroatoms. The molecule has 0 amide bonds. The van der Waals surface area contributed by atoms with E-state index in [0.717, 1.165) is 44.9 Å². The maximum atomic E-state index is 12.2. The molecule has 2 saturated heterocycles. The fraction of sp³-hybridized carbons (Fsp3) is 0.800. The van der Waals surface area contributed by atoms with E-state index >= 15 is 0 Å². The van der Waals surface area contributed by atoms with Crippen molar-refractivity contribution in [2.24, 2.45) is 5.92 Å². The van der Waals surface area contributed by atoms with Crippen LogP contribution in [0.3, 0.4) is 0 Å². The molecule has 0 radical (unpaired) electrons. The van der Waals surface area contributed by atoms with Crippen molar-refractivity contribution in [3.63, 3.8) is 0 Å². The quantitative estimate of drug-likeness (QED) is 0.546. The van der Waals surface area contributed by atoms with Crippen molar-refractivity contribution in [1.82, 2.24) is 0 Å². The van der Waals surface area contributed by atoms with Crippen molar-refractivity contribution < 1.29 is 9.00 Å². The Morgan fingerprint density at radius 1 is 1.22 bits per heavy atom. The summed E-state index contributed by atoms with van der Waals surface area (Å²) in [6.07, 6.45) is 10.8. The number of rotatable bonds is 6. The largest absolute Gasteiger partial charge is 0.299 e. The topological polar surface area (TPSA) is 34.1 Å². The summed E-state index contributed by atoms with van der Waals surface area (Å²) in [6.45, 7) is 3.70. The van der Waals surface area contributed by atoms with Crippen molar-refractivity contribution in [2.45, 2.75) is 68.3 Å². The van der Waals surface area contributed by atoms with Crippen LogP contribution in [-0.2, 0) is 15.6 Å². The molecule has 0 aromatic carbocycles. The first-order valence-corrected chi connectivity index (χ1v) is 8.53. The number of carbonyl (C=O) groups excluding carboxylic acids is 1. The van der Waals surface area contributed by atoms with Crippen LogP contribution in [0, 0.1) is 5.92 Å². The minimum atomic E-state index is -0.647. The van der Waals surface area contributed by atoms with Gasteiger partial charge in [0, 0.05) is 33.6 Å². The molecule has 102 valence electrons. The molecular weight excluding hydrogens is 244 g/mol. The van der Waals surface area contributed by atoms with Gasteiger partial charge in [0.05, 0.1) is 0 Å². The first kappa shape index (κ1) is 14.0. The first-order chi connectivity index (χ1) is 8.72. The van der Waals surface area contributed by atoms with Crippen LogP contribution in [0.2, 0.25) is 0 Å². The van der Waals surface area contributed by atoms with E-state index < -0.39 is 10.8 Å². The Morgan fingerprint density at radius 2 is 1.89 bits per heavy atom. The first-order valence-electron chi connectivity index (χ1n) is 7.25. The van der Waals surface area contributed by atoms with Gasteiger partial charge in [0.1, 0.15) is 5.78 Å². The predicted octanol–water partition coefficient (Wildman–Crippen LogP) is 3.38. The van der Waals surface area contributed by atoms with Gasteiger partial charge in [0.25, 0.3) is 0 Å². The zero-order valence-electron chi connectivity index (χ0n) is 11.1. The van der Waals surface area contributed by atoms with Crippen LogP contribution in [0.5, 0.6) is 0 Å². The van der Waals surface area contributed by atoms with Gasteiger partial charge in [-0.1, -0.05) is 12.5 Å². The Balaban J connectivity index is 1.81. The molecule has 2 rings (SSSR count). The minimum absolute atomic E-state index is 0.210. The summed E-state index contributed by atoms with van der Waals surface area (Å²) in [6, 6.07) is 0. The molecular formula is C15H24O2S. The lowest BCUT2D eigenvalue weighted by Gasteiger charge is -2.37. The van der Waals surface area contributed by atoms with Gasteiger partial charge in [0.15, 0.2) is 0 Å². The predicted molar refractivity (Wildman–Crippen MR) is 76.0 cm³/mol. The fourth-order valence-corrected chi connectivity index (χ4v) is 5.48. The van der Waals surface area contributed by atoms with Crippen LogP contribution in [-0.4, -0.2) is 20.5 Å². The standard InChI is InChI=1S/C15H24O2S/c1-2-3-4-5-9-15(16)12-10-13-7-6-8-14(11-12)18(13)17/h2,12-14H,1,3-11H2. The summed E-state index contributed by atoms with van der Waals surface area (Å²) in [7, 11) is -0.647. The Hall–Kier alpha value is -0.440. The monoisotopic (exact) mass is 268 g/mol. The van der Waals surface area contributed by atoms with E-state index in [4.69, 9.17) is 0 Å². The minimum Gasteiger partial charge on any atom is -0.299 e. The third kappa shape index (κ3) is 3.31. The molecule has 0 saturated carbocycles. The van der Waals surface area contributed by atoms with Gasteiger partial charge in [-0.2, -0.15) is 0 Å². The molecule has 0 N–H and O–H groups in total. The van der Waals surface area contributed by atoms with Crippen LogP contribution in [0.1, 0.15) is 57.8 Å². The molecule has 2 unspecified atom stereocenters. The van der Waals surface area contributed by atoms with Crippen molar-refractivity contribution in [3.8, 4) is 0 Å². The summed E-state index contributed by atoms with van der Waals surface area (Å²) >= 11 is 0. The maximum Gasteiger partial charge on any atom is 0.136 e. The molecule has 2 aliphatic rings. The van der Waals surface area contributed by atoms with E-state index in [2.05, 4.69) is 6.58 Å². The molecule has 2 heterocycles. The lowest BCUT2D eigenvalue weighted by Crippen LogP contribution is -2.41. The van der Waals surface area contributed by atoms with E-state index in [1.165, 1.54) is 6.42 Å². The van der Waals surface area contributed by atoms with E-state index in [1.54, 1.807) is 0 Å². The normalized spacial score (nSPS) is 35.1. The van der Waals surface area contributed by atoms with Crippen LogP contribution in [0.4, 0.5) is 0 Å². The molecule has 2 atom stereocenters. The van der Waals surface area contributed by atoms with Gasteiger partial charge in [-0.05, 0) is 44.9 Å². The Bertz CT molecular complexity index is 321. The Kier molecular flexibility index (Phi) is 5.16. The number of Topliss-reactive ketones (excluding diaryl/α,β-unsaturated/α-hetero) is 1. The second-order valence-electron chi connectivity index (χ2n) is 5.67. The van der Waals surface area contributed by atoms with Crippen LogP contribution < -0.4 is 0 Å². The highest BCUT2D eigenvalue weighted by Crippen LogP contribution is 2.37. The second-order valence-corrected chi connectivity index (χ2v) is 7.66. The van der Waals surface area contributed by atoms with Crippen LogP contribution >= 0.6 is 0 Å². The number of unbranched alkanes of at least 4 members (excludes halogenated alkanes) is 2. The highest BCUT2D eigenvalue weighted by molar-refractivity contribution is 7.86. The fourth-order valence-electron chi connectivity index (χ4n) is 3.29. The van der Waals surface area contributed by atoms with Gasteiger partial charge in [-0.25, -0.2) is 0 Å². The van der Waals surface area contributed by atoms with Gasteiger partial charge in [0.2, 0.25) is 0 Å². The van der Waals surface area contributed by atoms with E-state index in [1.807, 2.05) is 6.08 Å². The third-order valence-electron chi connectivity index (χ3n) is 4.34. The molecule has 18 heavy (non-hydrogen) atoms. The van der Waals surface area contributed by atoms with E-state index in [0.29, 0.717) is 22.7 Å². The SMILES string of the molecule is C=CCCCCC(=O)C1CC2CCCC(C1)S2=O. The number of ketones is 1. The third-order valence-corrected chi connectivity index (χ3v) is 6.51. The number of hydrogen-bond acceptors (Lipinski definition) is 2. The molecule has 2 nitrogen and oxygen atoms in total. The molecule has 2 bridgehead atoms. The Morgan fingerprint density at radius 3 is 2.50 bits per heavy atom. The zero-order chi connectivity index (χ0) is 13.0. The summed E-state index contributed by atoms with van der Waals surface area (Å²) in [5.74, 6) is 0.634. The van der Waals surface area contributed by atoms with Crippen molar-refractivity contribution in [3.05, 3.63) is 12.7 Å². The number of hydrogen-bond donors (Lipinski definition) is 0. The van der Waals surface area contributed by atoms with Gasteiger partial charge >= 0.3 is 0 Å². The Labute approximate surface area is 113 Å². The maximum absolute atomic E-state index is 12.2. The van der Waals surface area contributed by atoms with Crippen molar-refractivity contribution in [2.75, 3.05) is 0 Å². The number of allylic oxidation sites excluding steroid dienone is 1. The van der Waals surface area contributed by atoms with E-state index in [9.17, 15) is 9.00 Å². The lowest BCUT2D eigenvalue weighted by atomic mass is 9.85. The summed E-state index contributed by atoms with van der Waals surface area (Å²) in [5, 5.41) is 0.638. The molecule has 0 aromatic heterocycles. The lowest BCUT2D eigenvalue weighted by molar-refractivity contribution is -0.123. The summed E-state index contributed by atoms with van der Waals surface area (Å²) < 4.78 is 12.1. The van der Waals surface area contributed by atoms with Crippen molar-refractivity contribution >= 4 is 16.6 Å². The van der Waals surface area contributed by atoms with E-state index in [-0.39, 0.29) is 5.92 Å². The highest BCUT2D eigenvalue weighted by Gasteiger charge is 2.39. The van der Waals surface area contributed by atoms with Gasteiger partial charge in [-0.3, -0.25) is 9.00 Å². The number of carbonyl (C=O) groups is 1. The zero-order valence-corrected chi connectivity index (χ0v) is 11.9. The summed E-state index contributed by atoms with van der Waals surface area (Å²) in [4.78, 5) is 12.2. The molecule has 0 aromatic rings. The van der Waals surface area contributed by atoms with Crippen LogP contribution in [0.15, 0.2) is 12.7 Å². The molecule has 0 spiro atoms. The van der Waals surface area contributed by atoms with Crippen molar-refractivity contribution in [1.29, 1.82) is 0 Å². The van der Waals surface area contributed by atoms with Gasteiger partial charge < -0.3 is 0 Å². The van der Waals surface area contributed by atoms with Gasteiger partial charge in [-0.15, -0.1) is 6.58 Å². The highest BCUT2D eigenvalue weighted by atomic mass is 32.2. The second kappa shape index (κ2) is 6.65. The average Bonchev–Trinajstić information content (AvgIpc) is 2.34. The molecule has 2 aliphatic heterocycles. The molecule has 2 fully saturated rings. The summed E-state index contributed by atoms with van der Waals surface area (Å²) in [5.41, 5.74) is 0. The average molecular weight is 268 g/mol. The number of fused-ring (bicyclic) bond motifs is 2.